The Hall–Kier alpha value is -1.56. The SMILES string of the molecule is CC(C)(C)c1nc(NCc2cc(Br)cc3c2OCC3)no1. The largest absolute Gasteiger partial charge is 0.493 e. The molecule has 3 rings (SSSR count). The molecule has 0 saturated heterocycles. The fourth-order valence-electron chi connectivity index (χ4n) is 2.25. The fourth-order valence-corrected chi connectivity index (χ4v) is 2.80. The highest BCUT2D eigenvalue weighted by Gasteiger charge is 2.22. The minimum Gasteiger partial charge on any atom is -0.493 e. The van der Waals surface area contributed by atoms with E-state index in [1.165, 1.54) is 5.56 Å². The zero-order valence-electron chi connectivity index (χ0n) is 12.4. The van der Waals surface area contributed by atoms with E-state index in [4.69, 9.17) is 9.26 Å². The first kappa shape index (κ1) is 14.4. The highest BCUT2D eigenvalue weighted by molar-refractivity contribution is 9.10. The predicted molar refractivity (Wildman–Crippen MR) is 83.7 cm³/mol. The van der Waals surface area contributed by atoms with Crippen molar-refractivity contribution in [1.29, 1.82) is 0 Å². The maximum Gasteiger partial charge on any atom is 0.263 e. The van der Waals surface area contributed by atoms with Gasteiger partial charge in [0.1, 0.15) is 5.75 Å². The van der Waals surface area contributed by atoms with Crippen molar-refractivity contribution in [3.05, 3.63) is 33.6 Å². The van der Waals surface area contributed by atoms with Crippen LogP contribution in [0.3, 0.4) is 0 Å². The number of fused-ring (bicyclic) bond motifs is 1. The quantitative estimate of drug-likeness (QED) is 0.913. The highest BCUT2D eigenvalue weighted by atomic mass is 79.9. The van der Waals surface area contributed by atoms with Crippen LogP contribution in [0.25, 0.3) is 0 Å². The Bertz CT molecular complexity index is 661. The van der Waals surface area contributed by atoms with Gasteiger partial charge in [0.25, 0.3) is 5.95 Å². The normalized spacial score (nSPS) is 13.9. The number of aromatic nitrogens is 2. The molecule has 1 N–H and O–H groups in total. The van der Waals surface area contributed by atoms with E-state index < -0.39 is 0 Å². The summed E-state index contributed by atoms with van der Waals surface area (Å²) in [6, 6.07) is 4.17. The highest BCUT2D eigenvalue weighted by Crippen LogP contribution is 2.33. The Morgan fingerprint density at radius 1 is 1.33 bits per heavy atom. The van der Waals surface area contributed by atoms with Gasteiger partial charge >= 0.3 is 0 Å². The second-order valence-electron chi connectivity index (χ2n) is 6.18. The molecule has 1 aromatic heterocycles. The van der Waals surface area contributed by atoms with Gasteiger partial charge in [-0.15, -0.1) is 0 Å². The van der Waals surface area contributed by atoms with Crippen molar-refractivity contribution in [2.75, 3.05) is 11.9 Å². The lowest BCUT2D eigenvalue weighted by molar-refractivity contribution is 0.321. The molecule has 0 radical (unpaired) electrons. The smallest absolute Gasteiger partial charge is 0.263 e. The lowest BCUT2D eigenvalue weighted by atomic mass is 9.97. The van der Waals surface area contributed by atoms with Crippen molar-refractivity contribution < 1.29 is 9.26 Å². The van der Waals surface area contributed by atoms with Crippen LogP contribution in [0.1, 0.15) is 37.8 Å². The van der Waals surface area contributed by atoms with Gasteiger partial charge in [-0.3, -0.25) is 0 Å². The lowest BCUT2D eigenvalue weighted by Gasteiger charge is -2.10. The number of benzene rings is 1. The summed E-state index contributed by atoms with van der Waals surface area (Å²) < 4.78 is 12.0. The molecule has 1 aliphatic rings. The van der Waals surface area contributed by atoms with Gasteiger partial charge in [0, 0.05) is 28.4 Å². The number of nitrogens with zero attached hydrogens (tertiary/aromatic N) is 2. The predicted octanol–water partition coefficient (Wildman–Crippen LogP) is 3.68. The number of hydrogen-bond acceptors (Lipinski definition) is 5. The molecule has 2 aromatic rings. The van der Waals surface area contributed by atoms with Crippen LogP contribution in [0.2, 0.25) is 0 Å². The number of anilines is 1. The number of halogens is 1. The molecule has 0 saturated carbocycles. The third-order valence-electron chi connectivity index (χ3n) is 3.33. The molecule has 0 spiro atoms. The molecule has 0 unspecified atom stereocenters. The Morgan fingerprint density at radius 3 is 2.86 bits per heavy atom. The molecule has 0 atom stereocenters. The van der Waals surface area contributed by atoms with E-state index >= 15 is 0 Å². The van der Waals surface area contributed by atoms with Crippen molar-refractivity contribution in [1.82, 2.24) is 10.1 Å². The van der Waals surface area contributed by atoms with Crippen LogP contribution in [-0.2, 0) is 18.4 Å². The maximum atomic E-state index is 5.71. The Balaban J connectivity index is 1.75. The van der Waals surface area contributed by atoms with E-state index in [2.05, 4.69) is 43.5 Å². The molecule has 1 aliphatic heterocycles. The monoisotopic (exact) mass is 351 g/mol. The van der Waals surface area contributed by atoms with E-state index in [0.29, 0.717) is 18.4 Å². The fraction of sp³-hybridized carbons (Fsp3) is 0.467. The van der Waals surface area contributed by atoms with Crippen LogP contribution in [-0.4, -0.2) is 16.7 Å². The Labute approximate surface area is 132 Å². The van der Waals surface area contributed by atoms with Crippen LogP contribution in [0.5, 0.6) is 5.75 Å². The van der Waals surface area contributed by atoms with Crippen molar-refractivity contribution in [2.24, 2.45) is 0 Å². The van der Waals surface area contributed by atoms with Crippen molar-refractivity contribution in [3.8, 4) is 5.75 Å². The second-order valence-corrected chi connectivity index (χ2v) is 7.09. The maximum absolute atomic E-state index is 5.71. The van der Waals surface area contributed by atoms with Gasteiger partial charge in [0.2, 0.25) is 5.89 Å². The van der Waals surface area contributed by atoms with Crippen LogP contribution >= 0.6 is 15.9 Å². The lowest BCUT2D eigenvalue weighted by Crippen LogP contribution is -2.11. The third kappa shape index (κ3) is 3.05. The summed E-state index contributed by atoms with van der Waals surface area (Å²) in [6.45, 7) is 7.47. The van der Waals surface area contributed by atoms with Crippen LogP contribution < -0.4 is 10.1 Å². The van der Waals surface area contributed by atoms with Crippen molar-refractivity contribution in [2.45, 2.75) is 39.2 Å². The zero-order valence-corrected chi connectivity index (χ0v) is 14.0. The molecule has 0 bridgehead atoms. The average molecular weight is 352 g/mol. The summed E-state index contributed by atoms with van der Waals surface area (Å²) in [5.74, 6) is 2.11. The van der Waals surface area contributed by atoms with E-state index in [1.54, 1.807) is 0 Å². The van der Waals surface area contributed by atoms with Gasteiger partial charge in [0.05, 0.1) is 6.61 Å². The second kappa shape index (κ2) is 5.33. The summed E-state index contributed by atoms with van der Waals surface area (Å²) in [4.78, 5) is 4.37. The molecule has 21 heavy (non-hydrogen) atoms. The molecule has 0 aliphatic carbocycles. The molecule has 2 heterocycles. The molecule has 112 valence electrons. The molecule has 0 amide bonds. The number of rotatable bonds is 3. The molecule has 5 nitrogen and oxygen atoms in total. The standard InChI is InChI=1S/C15H18BrN3O2/c1-15(2,3)13-18-14(19-21-13)17-8-10-7-11(16)6-9-4-5-20-12(9)10/h6-7H,4-5,8H2,1-3H3,(H,17,19). The van der Waals surface area contributed by atoms with Crippen molar-refractivity contribution >= 4 is 21.9 Å². The minimum atomic E-state index is -0.146. The summed E-state index contributed by atoms with van der Waals surface area (Å²) in [5.41, 5.74) is 2.19. The molecule has 0 fully saturated rings. The first-order chi connectivity index (χ1) is 9.93. The van der Waals surface area contributed by atoms with E-state index in [9.17, 15) is 0 Å². The molecule has 6 heteroatoms. The van der Waals surface area contributed by atoms with Gasteiger partial charge in [-0.2, -0.15) is 4.98 Å². The first-order valence-electron chi connectivity index (χ1n) is 6.95. The van der Waals surface area contributed by atoms with Gasteiger partial charge < -0.3 is 14.6 Å². The molecule has 1 aromatic carbocycles. The average Bonchev–Trinajstić information content (AvgIpc) is 3.03. The Kier molecular flexibility index (Phi) is 3.65. The van der Waals surface area contributed by atoms with Gasteiger partial charge in [-0.1, -0.05) is 36.7 Å². The van der Waals surface area contributed by atoms with Crippen molar-refractivity contribution in [3.63, 3.8) is 0 Å². The van der Waals surface area contributed by atoms with Crippen LogP contribution in [0.4, 0.5) is 5.95 Å². The van der Waals surface area contributed by atoms with E-state index in [1.807, 2.05) is 20.8 Å². The topological polar surface area (TPSA) is 60.2 Å². The summed E-state index contributed by atoms with van der Waals surface area (Å²) in [6.07, 6.45) is 0.957. The van der Waals surface area contributed by atoms with E-state index in [-0.39, 0.29) is 5.41 Å². The zero-order chi connectivity index (χ0) is 15.0. The summed E-state index contributed by atoms with van der Waals surface area (Å²) in [5, 5.41) is 7.16. The van der Waals surface area contributed by atoms with E-state index in [0.717, 1.165) is 28.8 Å². The first-order valence-corrected chi connectivity index (χ1v) is 7.75. The summed E-state index contributed by atoms with van der Waals surface area (Å²) >= 11 is 3.54. The van der Waals surface area contributed by atoms with Crippen LogP contribution in [0.15, 0.2) is 21.1 Å². The number of ether oxygens (including phenoxy) is 1. The Morgan fingerprint density at radius 2 is 2.14 bits per heavy atom. The number of hydrogen-bond donors (Lipinski definition) is 1. The molecular formula is C15H18BrN3O2. The van der Waals surface area contributed by atoms with Gasteiger partial charge in [0.15, 0.2) is 0 Å². The number of nitrogens with one attached hydrogen (secondary N) is 1. The minimum absolute atomic E-state index is 0.146. The molecular weight excluding hydrogens is 334 g/mol. The van der Waals surface area contributed by atoms with Gasteiger partial charge in [-0.05, 0) is 22.9 Å². The third-order valence-corrected chi connectivity index (χ3v) is 3.79. The summed E-state index contributed by atoms with van der Waals surface area (Å²) in [7, 11) is 0. The van der Waals surface area contributed by atoms with Crippen LogP contribution in [0, 0.1) is 0 Å². The van der Waals surface area contributed by atoms with Gasteiger partial charge in [-0.25, -0.2) is 0 Å².